The zero-order valence-electron chi connectivity index (χ0n) is 26.9. The summed E-state index contributed by atoms with van der Waals surface area (Å²) in [5, 5.41) is 19.1. The van der Waals surface area contributed by atoms with Crippen molar-refractivity contribution in [2.24, 2.45) is 7.05 Å². The van der Waals surface area contributed by atoms with Crippen molar-refractivity contribution >= 4 is 39.2 Å². The predicted octanol–water partition coefficient (Wildman–Crippen LogP) is 6.77. The predicted molar refractivity (Wildman–Crippen MR) is 181 cm³/mol. The van der Waals surface area contributed by atoms with Crippen LogP contribution in [0.3, 0.4) is 0 Å². The minimum Gasteiger partial charge on any atom is -0.493 e. The van der Waals surface area contributed by atoms with Crippen LogP contribution in [0, 0.1) is 12.7 Å². The van der Waals surface area contributed by atoms with Crippen LogP contribution in [0.25, 0.3) is 32.8 Å². The summed E-state index contributed by atoms with van der Waals surface area (Å²) in [6.45, 7) is 8.10. The van der Waals surface area contributed by atoms with Gasteiger partial charge in [-0.3, -0.25) is 9.58 Å². The molecule has 11 heteroatoms. The molecule has 3 heterocycles. The lowest BCUT2D eigenvalue weighted by atomic mass is 9.96. The number of aliphatic hydroxyl groups is 1. The van der Waals surface area contributed by atoms with Gasteiger partial charge in [0.1, 0.15) is 17.3 Å². The maximum Gasteiger partial charge on any atom is 0.355 e. The molecule has 1 fully saturated rings. The minimum absolute atomic E-state index is 0.229. The first-order chi connectivity index (χ1) is 22.8. The third-order valence-electron chi connectivity index (χ3n) is 8.89. The van der Waals surface area contributed by atoms with Gasteiger partial charge in [0.25, 0.3) is 0 Å². The van der Waals surface area contributed by atoms with Crippen molar-refractivity contribution in [1.29, 1.82) is 0 Å². The van der Waals surface area contributed by atoms with Crippen LogP contribution in [0.2, 0.25) is 5.02 Å². The fraction of sp³-hybridized carbons (Fsp3) is 0.389. The molecule has 6 rings (SSSR count). The SMILES string of the molecule is CCOC(=O)c1[nH]c2c(-c3c([C@H](O)CCN4CCOCC4)nn(C)c3C)c(Cl)ccc2c1CCCOc1cccc2cc(F)ccc12. The summed E-state index contributed by atoms with van der Waals surface area (Å²) in [6.07, 6.45) is 0.815. The number of aliphatic hydroxyl groups excluding tert-OH is 1. The van der Waals surface area contributed by atoms with Gasteiger partial charge >= 0.3 is 5.97 Å². The van der Waals surface area contributed by atoms with Gasteiger partial charge in [0.05, 0.1) is 48.8 Å². The van der Waals surface area contributed by atoms with Gasteiger partial charge in [0.2, 0.25) is 0 Å². The molecule has 5 aromatic rings. The molecule has 0 radical (unpaired) electrons. The Kier molecular flexibility index (Phi) is 10.1. The van der Waals surface area contributed by atoms with Crippen LogP contribution in [0.4, 0.5) is 4.39 Å². The monoisotopic (exact) mass is 662 g/mol. The largest absolute Gasteiger partial charge is 0.493 e. The number of benzene rings is 3. The molecule has 0 spiro atoms. The molecule has 47 heavy (non-hydrogen) atoms. The van der Waals surface area contributed by atoms with Crippen molar-refractivity contribution in [2.75, 3.05) is 46.1 Å². The highest BCUT2D eigenvalue weighted by atomic mass is 35.5. The molecular weight excluding hydrogens is 623 g/mol. The summed E-state index contributed by atoms with van der Waals surface area (Å²) in [6, 6.07) is 13.9. The number of ether oxygens (including phenoxy) is 3. The van der Waals surface area contributed by atoms with E-state index in [1.54, 1.807) is 17.7 Å². The normalized spacial score (nSPS) is 14.6. The number of H-pyrrole nitrogens is 1. The van der Waals surface area contributed by atoms with Gasteiger partial charge < -0.3 is 24.3 Å². The van der Waals surface area contributed by atoms with E-state index in [0.717, 1.165) is 52.6 Å². The summed E-state index contributed by atoms with van der Waals surface area (Å²) >= 11 is 6.93. The molecule has 1 saturated heterocycles. The van der Waals surface area contributed by atoms with Crippen LogP contribution < -0.4 is 4.74 Å². The first kappa shape index (κ1) is 33.0. The highest BCUT2D eigenvalue weighted by Crippen LogP contribution is 2.42. The smallest absolute Gasteiger partial charge is 0.355 e. The molecule has 1 atom stereocenters. The Morgan fingerprint density at radius 2 is 1.94 bits per heavy atom. The maximum absolute atomic E-state index is 13.8. The zero-order chi connectivity index (χ0) is 33.1. The van der Waals surface area contributed by atoms with E-state index < -0.39 is 12.1 Å². The van der Waals surface area contributed by atoms with E-state index in [1.807, 2.05) is 44.3 Å². The van der Waals surface area contributed by atoms with Crippen LogP contribution >= 0.6 is 11.6 Å². The van der Waals surface area contributed by atoms with Gasteiger partial charge in [0, 0.05) is 54.3 Å². The molecule has 0 saturated carbocycles. The Morgan fingerprint density at radius 1 is 1.15 bits per heavy atom. The zero-order valence-corrected chi connectivity index (χ0v) is 27.7. The van der Waals surface area contributed by atoms with Crippen molar-refractivity contribution in [3.63, 3.8) is 0 Å². The molecular formula is C36H40ClFN4O5. The number of esters is 1. The van der Waals surface area contributed by atoms with Gasteiger partial charge in [-0.15, -0.1) is 0 Å². The number of carbonyl (C=O) groups is 1. The van der Waals surface area contributed by atoms with Crippen molar-refractivity contribution in [3.8, 4) is 16.9 Å². The number of aryl methyl sites for hydroxylation is 2. The highest BCUT2D eigenvalue weighted by Gasteiger charge is 2.28. The first-order valence-electron chi connectivity index (χ1n) is 16.1. The van der Waals surface area contributed by atoms with Gasteiger partial charge in [-0.2, -0.15) is 5.10 Å². The van der Waals surface area contributed by atoms with Gasteiger partial charge in [-0.25, -0.2) is 9.18 Å². The van der Waals surface area contributed by atoms with Crippen LogP contribution in [0.1, 0.15) is 53.3 Å². The number of morpholine rings is 1. The van der Waals surface area contributed by atoms with Crippen molar-refractivity contribution in [1.82, 2.24) is 19.7 Å². The second kappa shape index (κ2) is 14.4. The molecule has 0 aliphatic carbocycles. The number of aromatic amines is 1. The molecule has 0 bridgehead atoms. The minimum atomic E-state index is -0.819. The van der Waals surface area contributed by atoms with Crippen LogP contribution in [0.15, 0.2) is 48.5 Å². The number of fused-ring (bicyclic) bond motifs is 2. The number of aromatic nitrogens is 3. The van der Waals surface area contributed by atoms with Crippen LogP contribution in [-0.4, -0.2) is 76.8 Å². The molecule has 9 nitrogen and oxygen atoms in total. The lowest BCUT2D eigenvalue weighted by Crippen LogP contribution is -2.37. The van der Waals surface area contributed by atoms with E-state index in [4.69, 9.17) is 30.9 Å². The van der Waals surface area contributed by atoms with Gasteiger partial charge in [0.15, 0.2) is 0 Å². The number of nitrogens with one attached hydrogen (secondary N) is 1. The molecule has 3 aromatic carbocycles. The lowest BCUT2D eigenvalue weighted by Gasteiger charge is -2.27. The maximum atomic E-state index is 13.8. The Balaban J connectivity index is 1.31. The van der Waals surface area contributed by atoms with Crippen molar-refractivity contribution < 1.29 is 28.5 Å². The molecule has 248 valence electrons. The number of hydrogen-bond donors (Lipinski definition) is 2. The number of halogens is 2. The summed E-state index contributed by atoms with van der Waals surface area (Å²) < 4.78 is 32.6. The average Bonchev–Trinajstić information content (AvgIpc) is 3.58. The standard InChI is InChI=1S/C36H40ClFN4O5/c1-4-46-36(44)34-26(8-6-18-47-30-9-5-7-23-21-24(38)10-11-25(23)30)27-12-13-28(37)32(33(27)39-34)31-22(2)41(3)40-35(31)29(43)14-15-42-16-19-45-20-17-42/h5,7,9-13,21,29,39,43H,4,6,8,14-20H2,1-3H3/t29-/m1/s1. The average molecular weight is 663 g/mol. The van der Waals surface area contributed by atoms with Gasteiger partial charge in [-0.05, 0) is 74.4 Å². The van der Waals surface area contributed by atoms with Crippen molar-refractivity contribution in [3.05, 3.63) is 82.0 Å². The molecule has 2 aromatic heterocycles. The quantitative estimate of drug-likeness (QED) is 0.112. The van der Waals surface area contributed by atoms with E-state index in [1.165, 1.54) is 12.1 Å². The third-order valence-corrected chi connectivity index (χ3v) is 9.21. The van der Waals surface area contributed by atoms with E-state index in [-0.39, 0.29) is 12.4 Å². The van der Waals surface area contributed by atoms with Crippen LogP contribution in [0.5, 0.6) is 5.75 Å². The number of rotatable bonds is 12. The summed E-state index contributed by atoms with van der Waals surface area (Å²) in [5.41, 5.74) is 4.67. The summed E-state index contributed by atoms with van der Waals surface area (Å²) in [5.74, 6) is -0.0737. The molecule has 1 aliphatic rings. The Bertz CT molecular complexity index is 1900. The molecule has 0 unspecified atom stereocenters. The van der Waals surface area contributed by atoms with E-state index in [0.29, 0.717) is 72.3 Å². The van der Waals surface area contributed by atoms with Crippen LogP contribution in [-0.2, 0) is 22.9 Å². The van der Waals surface area contributed by atoms with Gasteiger partial charge in [-0.1, -0.05) is 29.8 Å². The summed E-state index contributed by atoms with van der Waals surface area (Å²) in [7, 11) is 1.85. The Labute approximate surface area is 278 Å². The van der Waals surface area contributed by atoms with E-state index >= 15 is 0 Å². The summed E-state index contributed by atoms with van der Waals surface area (Å²) in [4.78, 5) is 18.9. The van der Waals surface area contributed by atoms with E-state index in [9.17, 15) is 14.3 Å². The topological polar surface area (TPSA) is 102 Å². The third kappa shape index (κ3) is 6.87. The molecule has 0 amide bonds. The Morgan fingerprint density at radius 3 is 2.72 bits per heavy atom. The molecule has 1 aliphatic heterocycles. The van der Waals surface area contributed by atoms with E-state index in [2.05, 4.69) is 9.88 Å². The number of hydrogen-bond acceptors (Lipinski definition) is 7. The second-order valence-electron chi connectivity index (χ2n) is 11.8. The second-order valence-corrected chi connectivity index (χ2v) is 12.3. The highest BCUT2D eigenvalue weighted by molar-refractivity contribution is 6.35. The number of nitrogens with zero attached hydrogens (tertiary/aromatic N) is 3. The lowest BCUT2D eigenvalue weighted by molar-refractivity contribution is 0.0297. The fourth-order valence-corrected chi connectivity index (χ4v) is 6.65. The Hall–Kier alpha value is -3.96. The number of carbonyl (C=O) groups excluding carboxylic acids is 1. The molecule has 2 N–H and O–H groups in total. The van der Waals surface area contributed by atoms with Crippen molar-refractivity contribution in [2.45, 2.75) is 39.2 Å². The fourth-order valence-electron chi connectivity index (χ4n) is 6.40. The first-order valence-corrected chi connectivity index (χ1v) is 16.5.